The predicted octanol–water partition coefficient (Wildman–Crippen LogP) is 2.79. The van der Waals surface area contributed by atoms with E-state index in [0.717, 1.165) is 5.56 Å². The van der Waals surface area contributed by atoms with Crippen molar-refractivity contribution in [1.29, 1.82) is 0 Å². The van der Waals surface area contributed by atoms with Crippen LogP contribution in [0.15, 0.2) is 54.6 Å². The number of hydrogen-bond donors (Lipinski definition) is 2. The molecule has 0 radical (unpaired) electrons. The molecule has 30 heavy (non-hydrogen) atoms. The van der Waals surface area contributed by atoms with Crippen molar-refractivity contribution in [2.45, 2.75) is 6.92 Å². The first kappa shape index (κ1) is 22.5. The summed E-state index contributed by atoms with van der Waals surface area (Å²) in [5.41, 5.74) is 1.24. The molecule has 8 nitrogen and oxygen atoms in total. The topological polar surface area (TPSA) is 103 Å². The average Bonchev–Trinajstić information content (AvgIpc) is 2.76. The van der Waals surface area contributed by atoms with E-state index in [0.29, 0.717) is 11.3 Å². The summed E-state index contributed by atoms with van der Waals surface area (Å²) in [5, 5.41) is 5.38. The van der Waals surface area contributed by atoms with Crippen molar-refractivity contribution in [3.8, 4) is 11.5 Å². The molecular weight excluding hydrogens is 388 g/mol. The maximum atomic E-state index is 12.1. The van der Waals surface area contributed by atoms with Crippen LogP contribution in [0.4, 0.5) is 4.79 Å². The van der Waals surface area contributed by atoms with Gasteiger partial charge in [-0.05, 0) is 55.0 Å². The van der Waals surface area contributed by atoms with Crippen LogP contribution in [0.5, 0.6) is 11.5 Å². The highest BCUT2D eigenvalue weighted by Gasteiger charge is 2.08. The van der Waals surface area contributed by atoms with Gasteiger partial charge in [0.1, 0.15) is 11.5 Å². The van der Waals surface area contributed by atoms with Gasteiger partial charge in [0, 0.05) is 24.7 Å². The molecule has 0 spiro atoms. The Balaban J connectivity index is 1.71. The van der Waals surface area contributed by atoms with Crippen LogP contribution in [0.3, 0.4) is 0 Å². The van der Waals surface area contributed by atoms with Gasteiger partial charge in [0.15, 0.2) is 0 Å². The number of methoxy groups -OCH3 is 1. The molecule has 0 aliphatic carbocycles. The zero-order valence-corrected chi connectivity index (χ0v) is 16.8. The van der Waals surface area contributed by atoms with Gasteiger partial charge in [0.2, 0.25) is 5.91 Å². The molecule has 0 aliphatic heterocycles. The highest BCUT2D eigenvalue weighted by Crippen LogP contribution is 2.14. The number of carbonyl (C=O) groups is 3. The molecule has 0 fully saturated rings. The van der Waals surface area contributed by atoms with E-state index < -0.39 is 6.16 Å². The highest BCUT2D eigenvalue weighted by atomic mass is 16.7. The standard InChI is InChI=1S/C22H24N2O6/c1-3-29-22(27)30-18-10-8-17(9-11-18)21(26)24-14-13-23-20(25)12-7-16-5-4-6-19(15-16)28-2/h4-12,15H,3,13-14H2,1-2H3,(H,23,25)(H,24,26)/b12-7+. The minimum atomic E-state index is -0.800. The first-order valence-corrected chi connectivity index (χ1v) is 9.34. The first-order chi connectivity index (χ1) is 14.5. The lowest BCUT2D eigenvalue weighted by Crippen LogP contribution is -2.33. The van der Waals surface area contributed by atoms with E-state index in [2.05, 4.69) is 15.4 Å². The largest absolute Gasteiger partial charge is 0.513 e. The van der Waals surface area contributed by atoms with E-state index in [-0.39, 0.29) is 37.3 Å². The van der Waals surface area contributed by atoms with Crippen molar-refractivity contribution in [2.24, 2.45) is 0 Å². The fourth-order valence-electron chi connectivity index (χ4n) is 2.36. The smallest absolute Gasteiger partial charge is 0.497 e. The van der Waals surface area contributed by atoms with Crippen LogP contribution in [0.2, 0.25) is 0 Å². The van der Waals surface area contributed by atoms with Crippen molar-refractivity contribution >= 4 is 24.0 Å². The Labute approximate surface area is 174 Å². The normalized spacial score (nSPS) is 10.3. The molecule has 0 unspecified atom stereocenters. The fourth-order valence-corrected chi connectivity index (χ4v) is 2.36. The lowest BCUT2D eigenvalue weighted by Gasteiger charge is -2.07. The van der Waals surface area contributed by atoms with Crippen molar-refractivity contribution in [2.75, 3.05) is 26.8 Å². The van der Waals surface area contributed by atoms with Gasteiger partial charge in [0.05, 0.1) is 13.7 Å². The molecule has 2 aromatic carbocycles. The summed E-state index contributed by atoms with van der Waals surface area (Å²) in [4.78, 5) is 35.2. The minimum absolute atomic E-state index is 0.215. The third-order valence-corrected chi connectivity index (χ3v) is 3.81. The summed E-state index contributed by atoms with van der Waals surface area (Å²) < 4.78 is 14.7. The second kappa shape index (κ2) is 11.9. The van der Waals surface area contributed by atoms with Crippen LogP contribution in [0.25, 0.3) is 6.08 Å². The van der Waals surface area contributed by atoms with Gasteiger partial charge in [-0.1, -0.05) is 12.1 Å². The third kappa shape index (κ3) is 7.67. The van der Waals surface area contributed by atoms with Crippen molar-refractivity contribution in [3.05, 3.63) is 65.7 Å². The van der Waals surface area contributed by atoms with Gasteiger partial charge in [-0.3, -0.25) is 9.59 Å². The van der Waals surface area contributed by atoms with Crippen molar-refractivity contribution in [1.82, 2.24) is 10.6 Å². The first-order valence-electron chi connectivity index (χ1n) is 9.34. The van der Waals surface area contributed by atoms with E-state index in [1.54, 1.807) is 20.1 Å². The van der Waals surface area contributed by atoms with Crippen LogP contribution in [0, 0.1) is 0 Å². The summed E-state index contributed by atoms with van der Waals surface area (Å²) >= 11 is 0. The van der Waals surface area contributed by atoms with Gasteiger partial charge < -0.3 is 24.8 Å². The molecular formula is C22H24N2O6. The van der Waals surface area contributed by atoms with E-state index in [9.17, 15) is 14.4 Å². The summed E-state index contributed by atoms with van der Waals surface area (Å²) in [7, 11) is 1.58. The Hall–Kier alpha value is -3.81. The maximum absolute atomic E-state index is 12.1. The molecule has 0 aromatic heterocycles. The number of ether oxygens (including phenoxy) is 3. The highest BCUT2D eigenvalue weighted by molar-refractivity contribution is 5.94. The predicted molar refractivity (Wildman–Crippen MR) is 111 cm³/mol. The van der Waals surface area contributed by atoms with Crippen LogP contribution in [-0.2, 0) is 9.53 Å². The molecule has 0 saturated carbocycles. The van der Waals surface area contributed by atoms with E-state index in [4.69, 9.17) is 9.47 Å². The second-order valence-electron chi connectivity index (χ2n) is 5.97. The minimum Gasteiger partial charge on any atom is -0.497 e. The lowest BCUT2D eigenvalue weighted by molar-refractivity contribution is -0.116. The Bertz CT molecular complexity index is 893. The van der Waals surface area contributed by atoms with Crippen molar-refractivity contribution in [3.63, 3.8) is 0 Å². The monoisotopic (exact) mass is 412 g/mol. The Morgan fingerprint density at radius 2 is 1.70 bits per heavy atom. The summed E-state index contributed by atoms with van der Waals surface area (Å²) in [6.45, 7) is 2.43. The molecule has 0 atom stereocenters. The second-order valence-corrected chi connectivity index (χ2v) is 5.97. The Morgan fingerprint density at radius 1 is 0.967 bits per heavy atom. The van der Waals surface area contributed by atoms with Crippen LogP contribution < -0.4 is 20.1 Å². The molecule has 2 N–H and O–H groups in total. The molecule has 2 amide bonds. The van der Waals surface area contributed by atoms with Gasteiger partial charge in [-0.15, -0.1) is 0 Å². The zero-order chi connectivity index (χ0) is 21.8. The van der Waals surface area contributed by atoms with Crippen molar-refractivity contribution < 1.29 is 28.6 Å². The van der Waals surface area contributed by atoms with E-state index in [1.807, 2.05) is 24.3 Å². The summed E-state index contributed by atoms with van der Waals surface area (Å²) in [6.07, 6.45) is 2.29. The number of carbonyl (C=O) groups excluding carboxylic acids is 3. The van der Waals surface area contributed by atoms with Gasteiger partial charge >= 0.3 is 6.16 Å². The molecule has 8 heteroatoms. The lowest BCUT2D eigenvalue weighted by atomic mass is 10.2. The fraction of sp³-hybridized carbons (Fsp3) is 0.227. The van der Waals surface area contributed by atoms with E-state index in [1.165, 1.54) is 30.3 Å². The van der Waals surface area contributed by atoms with Gasteiger partial charge in [0.25, 0.3) is 5.91 Å². The summed E-state index contributed by atoms with van der Waals surface area (Å²) in [6, 6.07) is 13.4. The average molecular weight is 412 g/mol. The molecule has 158 valence electrons. The maximum Gasteiger partial charge on any atom is 0.513 e. The quantitative estimate of drug-likeness (QED) is 0.284. The zero-order valence-electron chi connectivity index (χ0n) is 16.8. The summed E-state index contributed by atoms with van der Waals surface area (Å²) in [5.74, 6) is 0.409. The molecule has 0 heterocycles. The van der Waals surface area contributed by atoms with E-state index >= 15 is 0 Å². The molecule has 0 saturated heterocycles. The van der Waals surface area contributed by atoms with Gasteiger partial charge in [-0.25, -0.2) is 4.79 Å². The Kier molecular flexibility index (Phi) is 8.92. The number of amides is 2. The number of nitrogens with one attached hydrogen (secondary N) is 2. The molecule has 0 bridgehead atoms. The van der Waals surface area contributed by atoms with Gasteiger partial charge in [-0.2, -0.15) is 0 Å². The number of hydrogen-bond acceptors (Lipinski definition) is 6. The van der Waals surface area contributed by atoms with Crippen LogP contribution >= 0.6 is 0 Å². The number of benzene rings is 2. The third-order valence-electron chi connectivity index (χ3n) is 3.81. The van der Waals surface area contributed by atoms with Crippen LogP contribution in [-0.4, -0.2) is 44.8 Å². The Morgan fingerprint density at radius 3 is 2.40 bits per heavy atom. The molecule has 2 rings (SSSR count). The SMILES string of the molecule is CCOC(=O)Oc1ccc(C(=O)NCCNC(=O)/C=C/c2cccc(OC)c2)cc1. The number of rotatable bonds is 9. The molecule has 2 aromatic rings. The molecule has 0 aliphatic rings. The van der Waals surface area contributed by atoms with Crippen LogP contribution in [0.1, 0.15) is 22.8 Å².